The SMILES string of the molecule is CCC(C)SCCC(CO)(NC(C)C)c1ccccc1. The fourth-order valence-electron chi connectivity index (χ4n) is 2.38. The van der Waals surface area contributed by atoms with Crippen molar-refractivity contribution in [2.75, 3.05) is 12.4 Å². The number of benzene rings is 1. The Hall–Kier alpha value is -0.510. The van der Waals surface area contributed by atoms with Crippen LogP contribution in [0.2, 0.25) is 0 Å². The standard InChI is InChI=1S/C17H29NOS/c1-5-15(4)20-12-11-17(13-19,18-14(2)3)16-9-7-6-8-10-16/h6-10,14-15,18-19H,5,11-13H2,1-4H3. The number of rotatable bonds is 9. The molecule has 2 nitrogen and oxygen atoms in total. The van der Waals surface area contributed by atoms with Gasteiger partial charge < -0.3 is 10.4 Å². The van der Waals surface area contributed by atoms with Crippen molar-refractivity contribution in [1.29, 1.82) is 0 Å². The molecule has 0 fully saturated rings. The molecule has 2 N–H and O–H groups in total. The van der Waals surface area contributed by atoms with Crippen LogP contribution in [0.15, 0.2) is 30.3 Å². The molecule has 0 amide bonds. The lowest BCUT2D eigenvalue weighted by molar-refractivity contribution is 0.147. The highest BCUT2D eigenvalue weighted by molar-refractivity contribution is 7.99. The van der Waals surface area contributed by atoms with Crippen molar-refractivity contribution >= 4 is 11.8 Å². The van der Waals surface area contributed by atoms with Gasteiger partial charge in [-0.05, 0) is 38.0 Å². The molecule has 0 aliphatic heterocycles. The molecule has 3 heteroatoms. The summed E-state index contributed by atoms with van der Waals surface area (Å²) in [5.74, 6) is 1.06. The minimum atomic E-state index is -0.324. The average molecular weight is 295 g/mol. The van der Waals surface area contributed by atoms with E-state index in [-0.39, 0.29) is 12.1 Å². The molecule has 0 saturated carbocycles. The summed E-state index contributed by atoms with van der Waals surface area (Å²) in [5, 5.41) is 14.3. The Morgan fingerprint density at radius 3 is 2.35 bits per heavy atom. The second-order valence-electron chi connectivity index (χ2n) is 5.74. The van der Waals surface area contributed by atoms with Crippen molar-refractivity contribution in [3.63, 3.8) is 0 Å². The molecule has 0 saturated heterocycles. The summed E-state index contributed by atoms with van der Waals surface area (Å²) in [6.07, 6.45) is 2.14. The lowest BCUT2D eigenvalue weighted by Gasteiger charge is -2.36. The van der Waals surface area contributed by atoms with E-state index in [1.54, 1.807) is 0 Å². The van der Waals surface area contributed by atoms with Crippen molar-refractivity contribution < 1.29 is 5.11 Å². The predicted octanol–water partition coefficient (Wildman–Crippen LogP) is 3.79. The number of nitrogens with one attached hydrogen (secondary N) is 1. The van der Waals surface area contributed by atoms with Crippen LogP contribution < -0.4 is 5.32 Å². The molecule has 1 rings (SSSR count). The third-order valence-electron chi connectivity index (χ3n) is 3.67. The van der Waals surface area contributed by atoms with E-state index in [0.29, 0.717) is 11.3 Å². The van der Waals surface area contributed by atoms with E-state index < -0.39 is 0 Å². The van der Waals surface area contributed by atoms with Crippen LogP contribution in [-0.4, -0.2) is 28.8 Å². The zero-order valence-corrected chi connectivity index (χ0v) is 14.0. The maximum Gasteiger partial charge on any atom is 0.0678 e. The van der Waals surface area contributed by atoms with Gasteiger partial charge in [0.2, 0.25) is 0 Å². The molecular weight excluding hydrogens is 266 g/mol. The first-order valence-electron chi connectivity index (χ1n) is 7.59. The average Bonchev–Trinajstić information content (AvgIpc) is 2.46. The zero-order valence-electron chi connectivity index (χ0n) is 13.2. The van der Waals surface area contributed by atoms with Gasteiger partial charge in [-0.3, -0.25) is 0 Å². The third-order valence-corrected chi connectivity index (χ3v) is 5.01. The van der Waals surface area contributed by atoms with Crippen LogP contribution in [0.5, 0.6) is 0 Å². The smallest absolute Gasteiger partial charge is 0.0678 e. The number of aliphatic hydroxyl groups excluding tert-OH is 1. The molecular formula is C17H29NOS. The van der Waals surface area contributed by atoms with Gasteiger partial charge in [-0.25, -0.2) is 0 Å². The summed E-state index contributed by atoms with van der Waals surface area (Å²) in [6.45, 7) is 8.89. The molecule has 0 spiro atoms. The fourth-order valence-corrected chi connectivity index (χ4v) is 3.48. The van der Waals surface area contributed by atoms with Gasteiger partial charge >= 0.3 is 0 Å². The topological polar surface area (TPSA) is 32.3 Å². The maximum absolute atomic E-state index is 10.0. The summed E-state index contributed by atoms with van der Waals surface area (Å²) >= 11 is 1.99. The van der Waals surface area contributed by atoms with E-state index >= 15 is 0 Å². The summed E-state index contributed by atoms with van der Waals surface area (Å²) in [4.78, 5) is 0. The van der Waals surface area contributed by atoms with Crippen LogP contribution in [0, 0.1) is 0 Å². The fraction of sp³-hybridized carbons (Fsp3) is 0.647. The molecule has 0 heterocycles. The first-order chi connectivity index (χ1) is 9.54. The van der Waals surface area contributed by atoms with Crippen LogP contribution >= 0.6 is 11.8 Å². The van der Waals surface area contributed by atoms with E-state index in [2.05, 4.69) is 45.1 Å². The molecule has 0 bridgehead atoms. The van der Waals surface area contributed by atoms with Crippen LogP contribution in [0.4, 0.5) is 0 Å². The molecule has 2 atom stereocenters. The van der Waals surface area contributed by atoms with Crippen LogP contribution in [0.3, 0.4) is 0 Å². The molecule has 2 unspecified atom stereocenters. The van der Waals surface area contributed by atoms with Crippen molar-refractivity contribution in [1.82, 2.24) is 5.32 Å². The number of aliphatic hydroxyl groups is 1. The molecule has 20 heavy (non-hydrogen) atoms. The Morgan fingerprint density at radius 1 is 1.20 bits per heavy atom. The Balaban J connectivity index is 2.83. The predicted molar refractivity (Wildman–Crippen MR) is 90.3 cm³/mol. The van der Waals surface area contributed by atoms with Gasteiger partial charge in [0.15, 0.2) is 0 Å². The lowest BCUT2D eigenvalue weighted by atomic mass is 9.87. The largest absolute Gasteiger partial charge is 0.394 e. The van der Waals surface area contributed by atoms with Gasteiger partial charge in [0.05, 0.1) is 12.1 Å². The summed E-state index contributed by atoms with van der Waals surface area (Å²) in [6, 6.07) is 10.7. The van der Waals surface area contributed by atoms with E-state index in [4.69, 9.17) is 0 Å². The van der Waals surface area contributed by atoms with Crippen LogP contribution in [0.1, 0.15) is 46.1 Å². The number of thioether (sulfide) groups is 1. The van der Waals surface area contributed by atoms with Gasteiger partial charge in [0.25, 0.3) is 0 Å². The zero-order chi connectivity index (χ0) is 15.0. The Labute approximate surface area is 128 Å². The van der Waals surface area contributed by atoms with Crippen molar-refractivity contribution in [2.24, 2.45) is 0 Å². The lowest BCUT2D eigenvalue weighted by Crippen LogP contribution is -2.49. The van der Waals surface area contributed by atoms with Gasteiger partial charge in [0, 0.05) is 11.3 Å². The van der Waals surface area contributed by atoms with Crippen molar-refractivity contribution in [3.05, 3.63) is 35.9 Å². The van der Waals surface area contributed by atoms with Gasteiger partial charge in [0.1, 0.15) is 0 Å². The maximum atomic E-state index is 10.0. The van der Waals surface area contributed by atoms with Gasteiger partial charge in [-0.15, -0.1) is 0 Å². The minimum absolute atomic E-state index is 0.135. The minimum Gasteiger partial charge on any atom is -0.394 e. The molecule has 0 aliphatic rings. The van der Waals surface area contributed by atoms with E-state index in [0.717, 1.165) is 12.2 Å². The van der Waals surface area contributed by atoms with Crippen LogP contribution in [0.25, 0.3) is 0 Å². The Morgan fingerprint density at radius 2 is 1.85 bits per heavy atom. The quantitative estimate of drug-likeness (QED) is 0.727. The van der Waals surface area contributed by atoms with E-state index in [1.165, 1.54) is 12.0 Å². The third kappa shape index (κ3) is 5.12. The van der Waals surface area contributed by atoms with E-state index in [1.807, 2.05) is 30.0 Å². The second kappa shape index (κ2) is 8.71. The molecule has 0 aromatic heterocycles. The number of hydrogen-bond acceptors (Lipinski definition) is 3. The highest BCUT2D eigenvalue weighted by atomic mass is 32.2. The normalized spacial score (nSPS) is 16.1. The summed E-state index contributed by atoms with van der Waals surface area (Å²) in [7, 11) is 0. The first-order valence-corrected chi connectivity index (χ1v) is 8.64. The monoisotopic (exact) mass is 295 g/mol. The van der Waals surface area contributed by atoms with E-state index in [9.17, 15) is 5.11 Å². The first kappa shape index (κ1) is 17.5. The Kier molecular flexibility index (Phi) is 7.63. The molecule has 1 aromatic rings. The van der Waals surface area contributed by atoms with Crippen LogP contribution in [-0.2, 0) is 5.54 Å². The van der Waals surface area contributed by atoms with Gasteiger partial charge in [-0.1, -0.05) is 44.2 Å². The summed E-state index contributed by atoms with van der Waals surface area (Å²) < 4.78 is 0. The molecule has 0 radical (unpaired) electrons. The molecule has 114 valence electrons. The Bertz CT molecular complexity index is 369. The molecule has 1 aromatic carbocycles. The van der Waals surface area contributed by atoms with Crippen molar-refractivity contribution in [3.8, 4) is 0 Å². The summed E-state index contributed by atoms with van der Waals surface area (Å²) in [5.41, 5.74) is 0.858. The molecule has 0 aliphatic carbocycles. The number of hydrogen-bond donors (Lipinski definition) is 2. The van der Waals surface area contributed by atoms with Gasteiger partial charge in [-0.2, -0.15) is 11.8 Å². The second-order valence-corrected chi connectivity index (χ2v) is 7.29. The highest BCUT2D eigenvalue weighted by Gasteiger charge is 2.31. The van der Waals surface area contributed by atoms with Crippen molar-refractivity contribution in [2.45, 2.75) is 57.4 Å². The highest BCUT2D eigenvalue weighted by Crippen LogP contribution is 2.28.